The summed E-state index contributed by atoms with van der Waals surface area (Å²) in [6, 6.07) is 53.6. The van der Waals surface area contributed by atoms with Gasteiger partial charge in [-0.2, -0.15) is 0 Å². The number of hydrogen-bond acceptors (Lipinski definition) is 9. The van der Waals surface area contributed by atoms with E-state index in [-0.39, 0.29) is 23.6 Å². The molecule has 0 aliphatic heterocycles. The lowest BCUT2D eigenvalue weighted by Crippen LogP contribution is -2.13. The molecule has 0 aliphatic carbocycles. The molecule has 0 unspecified atom stereocenters. The van der Waals surface area contributed by atoms with Crippen LogP contribution in [0.25, 0.3) is 11.1 Å². The fraction of sp³-hybridized carbons (Fsp3) is 0.0926. The van der Waals surface area contributed by atoms with Crippen LogP contribution in [0.5, 0.6) is 0 Å². The predicted octanol–water partition coefficient (Wildman–Crippen LogP) is 5.86. The van der Waals surface area contributed by atoms with Crippen molar-refractivity contribution in [1.82, 2.24) is 9.97 Å². The number of pyridine rings is 2. The van der Waals surface area contributed by atoms with E-state index in [4.69, 9.17) is 40.1 Å². The molecule has 2 aromatic heterocycles. The molecule has 0 radical (unpaired) electrons. The number of amides is 7. The summed E-state index contributed by atoms with van der Waals surface area (Å²) in [5, 5.41) is 0. The molecular weight excluding hydrogens is 887 g/mol. The highest BCUT2D eigenvalue weighted by atomic mass is 16.2. The molecule has 7 aromatic rings. The molecule has 2 heterocycles. The summed E-state index contributed by atoms with van der Waals surface area (Å²) >= 11 is 0. The second kappa shape index (κ2) is 35.7. The molecule has 7 rings (SSSR count). The van der Waals surface area contributed by atoms with Crippen LogP contribution in [0.4, 0.5) is 0 Å². The molecule has 16 heteroatoms. The van der Waals surface area contributed by atoms with Gasteiger partial charge in [0.2, 0.25) is 35.4 Å². The van der Waals surface area contributed by atoms with Gasteiger partial charge in [-0.15, -0.1) is 6.58 Å². The number of nitrogens with two attached hydrogens (primary N) is 7. The van der Waals surface area contributed by atoms with E-state index in [0.717, 1.165) is 28.7 Å². The first kappa shape index (κ1) is 58.4. The van der Waals surface area contributed by atoms with Crippen molar-refractivity contribution in [1.29, 1.82) is 0 Å². The maximum atomic E-state index is 10.9. The number of aryl methyl sites for hydroxylation is 1. The quantitative estimate of drug-likeness (QED) is 0.0680. The number of carbonyl (C=O) groups is 7. The number of hydrogen-bond donors (Lipinski definition) is 7. The normalized spacial score (nSPS) is 9.14. The minimum atomic E-state index is -0.490. The lowest BCUT2D eigenvalue weighted by atomic mass is 10.0. The van der Waals surface area contributed by atoms with Crippen LogP contribution >= 0.6 is 0 Å². The van der Waals surface area contributed by atoms with Gasteiger partial charge in [0, 0.05) is 42.6 Å². The zero-order valence-electron chi connectivity index (χ0n) is 38.6. The number of benzene rings is 5. The van der Waals surface area contributed by atoms with Crippen LogP contribution in [-0.2, 0) is 27.2 Å². The van der Waals surface area contributed by atoms with E-state index in [1.54, 1.807) is 79.0 Å². The summed E-state index contributed by atoms with van der Waals surface area (Å²) in [6.45, 7) is 3.42. The maximum Gasteiger partial charge on any atom is 0.267 e. The third-order valence-corrected chi connectivity index (χ3v) is 8.52. The third kappa shape index (κ3) is 29.1. The van der Waals surface area contributed by atoms with Gasteiger partial charge in [-0.05, 0) is 83.6 Å². The smallest absolute Gasteiger partial charge is 0.267 e. The van der Waals surface area contributed by atoms with Crippen LogP contribution in [0.2, 0.25) is 0 Å². The van der Waals surface area contributed by atoms with Gasteiger partial charge in [-0.25, -0.2) is 0 Å². The van der Waals surface area contributed by atoms with E-state index in [2.05, 4.69) is 16.5 Å². The van der Waals surface area contributed by atoms with E-state index < -0.39 is 17.7 Å². The summed E-state index contributed by atoms with van der Waals surface area (Å²) < 4.78 is 0. The Balaban J connectivity index is 0.000000414. The second-order valence-corrected chi connectivity index (χ2v) is 14.1. The van der Waals surface area contributed by atoms with Crippen molar-refractivity contribution in [3.63, 3.8) is 0 Å². The lowest BCUT2D eigenvalue weighted by molar-refractivity contribution is -0.118. The van der Waals surface area contributed by atoms with Crippen molar-refractivity contribution in [2.24, 2.45) is 40.1 Å². The van der Waals surface area contributed by atoms with E-state index in [1.165, 1.54) is 12.4 Å². The monoisotopic (exact) mass is 945 g/mol. The Kier molecular flexibility index (Phi) is 29.8. The first-order valence-electron chi connectivity index (χ1n) is 21.3. The average molecular weight is 946 g/mol. The summed E-state index contributed by atoms with van der Waals surface area (Å²) in [4.78, 5) is 80.2. The van der Waals surface area contributed by atoms with Crippen molar-refractivity contribution in [2.75, 3.05) is 0 Å². The Morgan fingerprint density at radius 1 is 0.414 bits per heavy atom. The van der Waals surface area contributed by atoms with Gasteiger partial charge >= 0.3 is 0 Å². The SMILES string of the molecule is C=CCCC(N)=O.NC(=O)CCc1ccccc1.NC(=O)Cc1ccccc1.NC(=O)c1ccc(-c2ccccc2)cc1.NC(=O)c1ccccc1.NC(=O)c1ccccn1.NC(=O)c1cccnc1. The topological polar surface area (TPSA) is 327 Å². The fourth-order valence-corrected chi connectivity index (χ4v) is 5.03. The van der Waals surface area contributed by atoms with Crippen molar-refractivity contribution in [3.8, 4) is 11.1 Å². The molecule has 0 atom stereocenters. The van der Waals surface area contributed by atoms with Crippen molar-refractivity contribution < 1.29 is 33.6 Å². The van der Waals surface area contributed by atoms with Gasteiger partial charge < -0.3 is 40.1 Å². The number of nitrogens with zero attached hydrogens (tertiary/aromatic N) is 2. The number of aromatic nitrogens is 2. The molecule has 70 heavy (non-hydrogen) atoms. The fourth-order valence-electron chi connectivity index (χ4n) is 5.03. The van der Waals surface area contributed by atoms with Crippen LogP contribution < -0.4 is 40.1 Å². The molecule has 0 fully saturated rings. The molecule has 5 aromatic carbocycles. The van der Waals surface area contributed by atoms with Crippen LogP contribution in [0.15, 0.2) is 207 Å². The standard InChI is InChI=1S/C13H11NO.C9H11NO.C8H9NO.C7H7NO.2C6H6N2O.C5H9NO/c14-13(15)12-8-6-11(7-9-12)10-4-2-1-3-5-10;10-9(11)7-6-8-4-2-1-3-5-8;9-8(10)6-7-4-2-1-3-5-7;8-7(9)6-4-2-1-3-5-6;7-6(9)5-2-1-3-8-4-5;7-6(9)5-3-1-2-4-8-5;1-2-3-4-5(6)7/h1-9H,(H2,14,15);1-5H,6-7H2,(H2,10,11);1-5H,6H2,(H2,9,10);1-5H,(H2,8,9);2*1-4H,(H2,7,9);2H,1,3-4H2,(H2,6,7). The molecule has 0 spiro atoms. The Labute approximate surface area is 407 Å². The molecule has 7 amide bonds. The minimum absolute atomic E-state index is 0.242. The predicted molar refractivity (Wildman–Crippen MR) is 273 cm³/mol. The van der Waals surface area contributed by atoms with Gasteiger partial charge in [-0.3, -0.25) is 43.5 Å². The Morgan fingerprint density at radius 3 is 1.21 bits per heavy atom. The Morgan fingerprint density at radius 2 is 0.857 bits per heavy atom. The highest BCUT2D eigenvalue weighted by molar-refractivity contribution is 5.94. The second-order valence-electron chi connectivity index (χ2n) is 14.1. The van der Waals surface area contributed by atoms with E-state index in [0.29, 0.717) is 48.1 Å². The van der Waals surface area contributed by atoms with Gasteiger partial charge in [0.05, 0.1) is 12.0 Å². The number of carbonyl (C=O) groups excluding carboxylic acids is 7. The van der Waals surface area contributed by atoms with Gasteiger partial charge in [0.1, 0.15) is 5.69 Å². The summed E-state index contributed by atoms with van der Waals surface area (Å²) in [7, 11) is 0. The van der Waals surface area contributed by atoms with Crippen molar-refractivity contribution >= 4 is 41.4 Å². The van der Waals surface area contributed by atoms with Crippen LogP contribution in [0, 0.1) is 0 Å². The van der Waals surface area contributed by atoms with E-state index in [1.807, 2.05) is 109 Å². The Hall–Kier alpha value is -9.57. The third-order valence-electron chi connectivity index (χ3n) is 8.52. The summed E-state index contributed by atoms with van der Waals surface area (Å²) in [6.07, 6.45) is 8.85. The molecule has 16 nitrogen and oxygen atoms in total. The van der Waals surface area contributed by atoms with Gasteiger partial charge in [0.15, 0.2) is 0 Å². The highest BCUT2D eigenvalue weighted by Crippen LogP contribution is 2.19. The van der Waals surface area contributed by atoms with Gasteiger partial charge in [0.25, 0.3) is 5.91 Å². The molecule has 0 saturated heterocycles. The molecule has 0 saturated carbocycles. The maximum absolute atomic E-state index is 10.9. The van der Waals surface area contributed by atoms with E-state index in [9.17, 15) is 33.6 Å². The van der Waals surface area contributed by atoms with Crippen LogP contribution in [-0.4, -0.2) is 51.3 Å². The molecule has 0 bridgehead atoms. The highest BCUT2D eigenvalue weighted by Gasteiger charge is 2.01. The van der Waals surface area contributed by atoms with Crippen LogP contribution in [0.3, 0.4) is 0 Å². The number of primary amides is 7. The molecule has 362 valence electrons. The molecular formula is C54H59N9O7. The first-order chi connectivity index (χ1) is 33.5. The minimum Gasteiger partial charge on any atom is -0.370 e. The largest absolute Gasteiger partial charge is 0.370 e. The van der Waals surface area contributed by atoms with Crippen molar-refractivity contribution in [2.45, 2.75) is 32.1 Å². The molecule has 0 aliphatic rings. The zero-order chi connectivity index (χ0) is 51.9. The van der Waals surface area contributed by atoms with E-state index >= 15 is 0 Å². The summed E-state index contributed by atoms with van der Waals surface area (Å²) in [5.41, 5.74) is 40.9. The van der Waals surface area contributed by atoms with Crippen LogP contribution in [0.1, 0.15) is 72.0 Å². The number of rotatable bonds is 13. The van der Waals surface area contributed by atoms with Crippen molar-refractivity contribution in [3.05, 3.63) is 241 Å². The summed E-state index contributed by atoms with van der Waals surface area (Å²) in [5.74, 6) is -2.50. The van der Waals surface area contributed by atoms with Gasteiger partial charge in [-0.1, -0.05) is 133 Å². The number of allylic oxidation sites excluding steroid dienone is 1. The first-order valence-corrected chi connectivity index (χ1v) is 21.3. The average Bonchev–Trinajstić information content (AvgIpc) is 3.38. The Bertz CT molecular complexity index is 2490. The zero-order valence-corrected chi connectivity index (χ0v) is 38.6. The lowest BCUT2D eigenvalue weighted by Gasteiger charge is -2.01. The molecule has 14 N–H and O–H groups in total.